The summed E-state index contributed by atoms with van der Waals surface area (Å²) in [6.07, 6.45) is 2.07. The molecule has 4 rings (SSSR count). The molecule has 1 aromatic heterocycles. The molecule has 36 heavy (non-hydrogen) atoms. The molecular formula is C27H30FN5O3. The lowest BCUT2D eigenvalue weighted by Crippen LogP contribution is -2.52. The number of hydrogen-bond donors (Lipinski definition) is 2. The van der Waals surface area contributed by atoms with Crippen molar-refractivity contribution in [1.82, 2.24) is 15.2 Å². The van der Waals surface area contributed by atoms with Crippen molar-refractivity contribution in [2.75, 3.05) is 49.5 Å². The average molecular weight is 492 g/mol. The van der Waals surface area contributed by atoms with Gasteiger partial charge in [-0.1, -0.05) is 30.3 Å². The van der Waals surface area contributed by atoms with E-state index in [1.54, 1.807) is 47.5 Å². The fourth-order valence-corrected chi connectivity index (χ4v) is 4.04. The van der Waals surface area contributed by atoms with Crippen molar-refractivity contribution in [2.45, 2.75) is 13.3 Å². The number of anilines is 2. The molecule has 1 aliphatic heterocycles. The van der Waals surface area contributed by atoms with Crippen LogP contribution >= 0.6 is 0 Å². The first-order valence-corrected chi connectivity index (χ1v) is 12.1. The first-order chi connectivity index (χ1) is 17.5. The number of pyridine rings is 1. The summed E-state index contributed by atoms with van der Waals surface area (Å²) in [6.45, 7) is 5.12. The molecule has 1 aliphatic rings. The third-order valence-corrected chi connectivity index (χ3v) is 5.96. The number of hydrogen-bond acceptors (Lipinski definition) is 5. The zero-order valence-corrected chi connectivity index (χ0v) is 20.2. The van der Waals surface area contributed by atoms with Crippen LogP contribution in [0.4, 0.5) is 20.7 Å². The number of piperazine rings is 1. The lowest BCUT2D eigenvalue weighted by molar-refractivity contribution is 0.102. The van der Waals surface area contributed by atoms with Gasteiger partial charge in [-0.3, -0.25) is 4.79 Å². The van der Waals surface area contributed by atoms with E-state index in [4.69, 9.17) is 4.74 Å². The maximum atomic E-state index is 13.7. The molecule has 0 bridgehead atoms. The molecule has 1 saturated heterocycles. The molecule has 8 nitrogen and oxygen atoms in total. The van der Waals surface area contributed by atoms with Crippen LogP contribution in [0, 0.1) is 5.82 Å². The molecule has 0 radical (unpaired) electrons. The molecule has 0 aliphatic carbocycles. The van der Waals surface area contributed by atoms with Gasteiger partial charge in [-0.2, -0.15) is 0 Å². The number of para-hydroxylation sites is 1. The van der Waals surface area contributed by atoms with Crippen LogP contribution < -0.4 is 20.3 Å². The molecule has 9 heteroatoms. The molecule has 0 atom stereocenters. The topological polar surface area (TPSA) is 86.8 Å². The van der Waals surface area contributed by atoms with Crippen molar-refractivity contribution < 1.29 is 18.7 Å². The smallest absolute Gasteiger partial charge is 0.317 e. The third kappa shape index (κ3) is 6.29. The molecular weight excluding hydrogens is 461 g/mol. The standard InChI is InChI=1S/C27H30FN5O3/c1-2-36-24-10-6-4-8-22(24)26(34)31-21-11-12-25(30-19-21)32-15-17-33(18-16-32)27(35)29-14-13-20-7-3-5-9-23(20)28/h3-12,19H,2,13-18H2,1H3,(H,29,35)(H,31,34). The molecule has 2 N–H and O–H groups in total. The largest absolute Gasteiger partial charge is 0.493 e. The lowest BCUT2D eigenvalue weighted by atomic mass is 10.1. The number of ether oxygens (including phenoxy) is 1. The highest BCUT2D eigenvalue weighted by Gasteiger charge is 2.22. The maximum absolute atomic E-state index is 13.7. The van der Waals surface area contributed by atoms with E-state index >= 15 is 0 Å². The van der Waals surface area contributed by atoms with E-state index in [1.807, 2.05) is 25.1 Å². The van der Waals surface area contributed by atoms with Crippen LogP contribution in [0.15, 0.2) is 66.9 Å². The van der Waals surface area contributed by atoms with Gasteiger partial charge in [0.25, 0.3) is 5.91 Å². The summed E-state index contributed by atoms with van der Waals surface area (Å²) in [4.78, 5) is 33.5. The Bertz CT molecular complexity index is 1180. The minimum absolute atomic E-state index is 0.149. The minimum atomic E-state index is -0.261. The Hall–Kier alpha value is -4.14. The fourth-order valence-electron chi connectivity index (χ4n) is 4.04. The molecule has 0 spiro atoms. The van der Waals surface area contributed by atoms with Crippen LogP contribution in [-0.4, -0.2) is 61.2 Å². The van der Waals surface area contributed by atoms with E-state index in [0.717, 1.165) is 5.82 Å². The number of urea groups is 1. The molecule has 2 aromatic carbocycles. The Morgan fingerprint density at radius 1 is 1.00 bits per heavy atom. The summed E-state index contributed by atoms with van der Waals surface area (Å²) in [5.74, 6) is 0.801. The van der Waals surface area contributed by atoms with E-state index in [0.29, 0.717) is 68.3 Å². The first-order valence-electron chi connectivity index (χ1n) is 12.1. The van der Waals surface area contributed by atoms with E-state index in [9.17, 15) is 14.0 Å². The molecule has 3 amide bonds. The first kappa shape index (κ1) is 25.0. The van der Waals surface area contributed by atoms with Crippen LogP contribution in [0.2, 0.25) is 0 Å². The SMILES string of the molecule is CCOc1ccccc1C(=O)Nc1ccc(N2CCN(C(=O)NCCc3ccccc3F)CC2)nc1. The van der Waals surface area contributed by atoms with E-state index in [-0.39, 0.29) is 17.8 Å². The van der Waals surface area contributed by atoms with Gasteiger partial charge in [0, 0.05) is 32.7 Å². The Morgan fingerprint density at radius 2 is 1.75 bits per heavy atom. The highest BCUT2D eigenvalue weighted by Crippen LogP contribution is 2.21. The van der Waals surface area contributed by atoms with Gasteiger partial charge >= 0.3 is 6.03 Å². The monoisotopic (exact) mass is 491 g/mol. The molecule has 0 saturated carbocycles. The van der Waals surface area contributed by atoms with Crippen molar-refractivity contribution >= 4 is 23.4 Å². The van der Waals surface area contributed by atoms with E-state index in [1.165, 1.54) is 6.07 Å². The van der Waals surface area contributed by atoms with Crippen LogP contribution in [0.5, 0.6) is 5.75 Å². The van der Waals surface area contributed by atoms with Crippen molar-refractivity contribution in [2.24, 2.45) is 0 Å². The number of aromatic nitrogens is 1. The van der Waals surface area contributed by atoms with Crippen molar-refractivity contribution in [1.29, 1.82) is 0 Å². The number of benzene rings is 2. The highest BCUT2D eigenvalue weighted by atomic mass is 19.1. The van der Waals surface area contributed by atoms with Crippen LogP contribution in [0.25, 0.3) is 0 Å². The molecule has 3 aromatic rings. The Morgan fingerprint density at radius 3 is 2.47 bits per heavy atom. The van der Waals surface area contributed by atoms with Crippen molar-refractivity contribution in [3.8, 4) is 5.75 Å². The third-order valence-electron chi connectivity index (χ3n) is 5.96. The summed E-state index contributed by atoms with van der Waals surface area (Å²) >= 11 is 0. The van der Waals surface area contributed by atoms with Crippen molar-refractivity contribution in [3.05, 3.63) is 83.8 Å². The Balaban J connectivity index is 1.24. The summed E-state index contributed by atoms with van der Waals surface area (Å²) < 4.78 is 19.3. The summed E-state index contributed by atoms with van der Waals surface area (Å²) in [6, 6.07) is 17.2. The molecule has 0 unspecified atom stereocenters. The van der Waals surface area contributed by atoms with Crippen LogP contribution in [0.3, 0.4) is 0 Å². The quantitative estimate of drug-likeness (QED) is 0.498. The highest BCUT2D eigenvalue weighted by molar-refractivity contribution is 6.06. The molecule has 2 heterocycles. The average Bonchev–Trinajstić information content (AvgIpc) is 2.91. The predicted octanol–water partition coefficient (Wildman–Crippen LogP) is 3.95. The predicted molar refractivity (Wildman–Crippen MR) is 137 cm³/mol. The second-order valence-electron chi connectivity index (χ2n) is 8.34. The molecule has 188 valence electrons. The van der Waals surface area contributed by atoms with Crippen LogP contribution in [0.1, 0.15) is 22.8 Å². The number of nitrogens with zero attached hydrogens (tertiary/aromatic N) is 3. The van der Waals surface area contributed by atoms with Gasteiger partial charge in [-0.15, -0.1) is 0 Å². The van der Waals surface area contributed by atoms with E-state index in [2.05, 4.69) is 20.5 Å². The van der Waals surface area contributed by atoms with Gasteiger partial charge in [-0.05, 0) is 49.2 Å². The number of nitrogens with one attached hydrogen (secondary N) is 2. The fraction of sp³-hybridized carbons (Fsp3) is 0.296. The van der Waals surface area contributed by atoms with Gasteiger partial charge in [0.15, 0.2) is 0 Å². The van der Waals surface area contributed by atoms with Gasteiger partial charge in [0.1, 0.15) is 17.4 Å². The van der Waals surface area contributed by atoms with E-state index < -0.39 is 0 Å². The summed E-state index contributed by atoms with van der Waals surface area (Å²) in [5, 5.41) is 5.73. The minimum Gasteiger partial charge on any atom is -0.493 e. The zero-order valence-electron chi connectivity index (χ0n) is 20.2. The number of rotatable bonds is 8. The summed E-state index contributed by atoms with van der Waals surface area (Å²) in [7, 11) is 0. The number of carbonyl (C=O) groups is 2. The van der Waals surface area contributed by atoms with Crippen molar-refractivity contribution in [3.63, 3.8) is 0 Å². The zero-order chi connectivity index (χ0) is 25.3. The number of carbonyl (C=O) groups excluding carboxylic acids is 2. The second-order valence-corrected chi connectivity index (χ2v) is 8.34. The normalized spacial score (nSPS) is 13.3. The second kappa shape index (κ2) is 12.0. The van der Waals surface area contributed by atoms with Crippen LogP contribution in [-0.2, 0) is 6.42 Å². The Kier molecular flexibility index (Phi) is 8.33. The summed E-state index contributed by atoms with van der Waals surface area (Å²) in [5.41, 5.74) is 1.64. The van der Waals surface area contributed by atoms with Gasteiger partial charge < -0.3 is 25.2 Å². The number of halogens is 1. The maximum Gasteiger partial charge on any atom is 0.317 e. The lowest BCUT2D eigenvalue weighted by Gasteiger charge is -2.35. The molecule has 1 fully saturated rings. The van der Waals surface area contributed by atoms with Gasteiger partial charge in [0.2, 0.25) is 0 Å². The number of amides is 3. The van der Waals surface area contributed by atoms with Gasteiger partial charge in [-0.25, -0.2) is 14.2 Å². The Labute approximate surface area is 210 Å². The van der Waals surface area contributed by atoms with Gasteiger partial charge in [0.05, 0.1) is 24.1 Å².